The Morgan fingerprint density at radius 1 is 1.32 bits per heavy atom. The highest BCUT2D eigenvalue weighted by molar-refractivity contribution is 5.75. The molecule has 1 aromatic carbocycles. The molecule has 104 valence electrons. The van der Waals surface area contributed by atoms with Gasteiger partial charge in [0.05, 0.1) is 7.11 Å². The van der Waals surface area contributed by atoms with Crippen LogP contribution in [0, 0.1) is 0 Å². The molecule has 0 saturated heterocycles. The molecule has 0 aliphatic heterocycles. The maximum Gasteiger partial charge on any atom is 0.219 e. The average molecular weight is 261 g/mol. The molecule has 19 heavy (non-hydrogen) atoms. The Labute approximate surface area is 115 Å². The minimum absolute atomic E-state index is 0.0530. The maximum atomic E-state index is 11.6. The molecule has 0 unspecified atom stereocenters. The van der Waals surface area contributed by atoms with Gasteiger partial charge in [-0.25, -0.2) is 0 Å². The SMILES string of the molecule is CCC(=O)NCC1(c2ccccc2OC)CCCC1. The zero-order chi connectivity index (χ0) is 13.7. The number of rotatable bonds is 5. The van der Waals surface area contributed by atoms with Gasteiger partial charge in [0.1, 0.15) is 5.75 Å². The van der Waals surface area contributed by atoms with Gasteiger partial charge in [0.2, 0.25) is 5.91 Å². The molecular formula is C16H23NO2. The summed E-state index contributed by atoms with van der Waals surface area (Å²) in [4.78, 5) is 11.6. The number of hydrogen-bond acceptors (Lipinski definition) is 2. The van der Waals surface area contributed by atoms with Gasteiger partial charge in [-0.2, -0.15) is 0 Å². The second kappa shape index (κ2) is 6.09. The van der Waals surface area contributed by atoms with Crippen LogP contribution in [0.15, 0.2) is 24.3 Å². The molecule has 1 N–H and O–H groups in total. The molecule has 1 aliphatic carbocycles. The Balaban J connectivity index is 2.25. The van der Waals surface area contributed by atoms with Crippen LogP contribution in [-0.2, 0) is 10.2 Å². The number of para-hydroxylation sites is 1. The number of carbonyl (C=O) groups is 1. The van der Waals surface area contributed by atoms with Crippen molar-refractivity contribution in [2.45, 2.75) is 44.4 Å². The fourth-order valence-corrected chi connectivity index (χ4v) is 3.07. The van der Waals surface area contributed by atoms with E-state index in [1.807, 2.05) is 19.1 Å². The van der Waals surface area contributed by atoms with Crippen molar-refractivity contribution in [3.63, 3.8) is 0 Å². The Bertz CT molecular complexity index is 436. The molecule has 0 radical (unpaired) electrons. The second-order valence-corrected chi connectivity index (χ2v) is 5.32. The zero-order valence-electron chi connectivity index (χ0n) is 11.9. The van der Waals surface area contributed by atoms with Gasteiger partial charge in [-0.1, -0.05) is 38.0 Å². The fraction of sp³-hybridized carbons (Fsp3) is 0.562. The lowest BCUT2D eigenvalue weighted by Gasteiger charge is -2.31. The first-order valence-electron chi connectivity index (χ1n) is 7.12. The summed E-state index contributed by atoms with van der Waals surface area (Å²) in [6.45, 7) is 2.61. The molecule has 0 bridgehead atoms. The molecule has 1 aromatic rings. The van der Waals surface area contributed by atoms with Crippen molar-refractivity contribution in [2.24, 2.45) is 0 Å². The molecule has 1 fully saturated rings. The maximum absolute atomic E-state index is 11.6. The summed E-state index contributed by atoms with van der Waals surface area (Å²) in [6.07, 6.45) is 5.23. The highest BCUT2D eigenvalue weighted by atomic mass is 16.5. The van der Waals surface area contributed by atoms with Crippen molar-refractivity contribution in [3.05, 3.63) is 29.8 Å². The molecule has 2 rings (SSSR count). The summed E-state index contributed by atoms with van der Waals surface area (Å²) >= 11 is 0. The lowest BCUT2D eigenvalue weighted by molar-refractivity contribution is -0.121. The topological polar surface area (TPSA) is 38.3 Å². The van der Waals surface area contributed by atoms with Gasteiger partial charge >= 0.3 is 0 Å². The lowest BCUT2D eigenvalue weighted by Crippen LogP contribution is -2.39. The van der Waals surface area contributed by atoms with Gasteiger partial charge in [-0.15, -0.1) is 0 Å². The van der Waals surface area contributed by atoms with Crippen molar-refractivity contribution >= 4 is 5.91 Å². The van der Waals surface area contributed by atoms with E-state index < -0.39 is 0 Å². The summed E-state index contributed by atoms with van der Waals surface area (Å²) in [5, 5.41) is 3.07. The van der Waals surface area contributed by atoms with Crippen molar-refractivity contribution in [2.75, 3.05) is 13.7 Å². The van der Waals surface area contributed by atoms with E-state index in [1.54, 1.807) is 7.11 Å². The van der Waals surface area contributed by atoms with Crippen molar-refractivity contribution in [3.8, 4) is 5.75 Å². The van der Waals surface area contributed by atoms with E-state index in [9.17, 15) is 4.79 Å². The molecule has 0 heterocycles. The summed E-state index contributed by atoms with van der Waals surface area (Å²) in [5.41, 5.74) is 1.30. The van der Waals surface area contributed by atoms with Crippen LogP contribution in [0.4, 0.5) is 0 Å². The summed E-state index contributed by atoms with van der Waals surface area (Å²) in [6, 6.07) is 8.20. The predicted octanol–water partition coefficient (Wildman–Crippen LogP) is 3.03. The van der Waals surface area contributed by atoms with Crippen molar-refractivity contribution in [1.29, 1.82) is 0 Å². The van der Waals surface area contributed by atoms with Crippen LogP contribution < -0.4 is 10.1 Å². The summed E-state index contributed by atoms with van der Waals surface area (Å²) in [5.74, 6) is 1.07. The third-order valence-electron chi connectivity index (χ3n) is 4.18. The van der Waals surface area contributed by atoms with Gasteiger partial charge in [0, 0.05) is 23.9 Å². The van der Waals surface area contributed by atoms with E-state index in [1.165, 1.54) is 18.4 Å². The van der Waals surface area contributed by atoms with E-state index in [2.05, 4.69) is 17.4 Å². The molecule has 0 spiro atoms. The van der Waals surface area contributed by atoms with Crippen LogP contribution in [0.2, 0.25) is 0 Å². The second-order valence-electron chi connectivity index (χ2n) is 5.32. The van der Waals surface area contributed by atoms with Gasteiger partial charge < -0.3 is 10.1 Å². The van der Waals surface area contributed by atoms with Gasteiger partial charge in [0.25, 0.3) is 0 Å². The highest BCUT2D eigenvalue weighted by Crippen LogP contribution is 2.44. The van der Waals surface area contributed by atoms with E-state index in [4.69, 9.17) is 4.74 Å². The van der Waals surface area contributed by atoms with Crippen molar-refractivity contribution < 1.29 is 9.53 Å². The summed E-state index contributed by atoms with van der Waals surface area (Å²) in [7, 11) is 1.71. The quantitative estimate of drug-likeness (QED) is 0.884. The molecule has 1 saturated carbocycles. The Morgan fingerprint density at radius 3 is 2.63 bits per heavy atom. The first kappa shape index (κ1) is 13.9. The van der Waals surface area contributed by atoms with Crippen LogP contribution in [0.1, 0.15) is 44.6 Å². The summed E-state index contributed by atoms with van der Waals surface area (Å²) < 4.78 is 5.50. The average Bonchev–Trinajstić information content (AvgIpc) is 2.94. The Hall–Kier alpha value is -1.51. The van der Waals surface area contributed by atoms with Crippen LogP contribution in [0.25, 0.3) is 0 Å². The number of hydrogen-bond donors (Lipinski definition) is 1. The molecule has 3 heteroatoms. The van der Waals surface area contributed by atoms with E-state index in [-0.39, 0.29) is 11.3 Å². The normalized spacial score (nSPS) is 17.2. The van der Waals surface area contributed by atoms with Crippen LogP contribution >= 0.6 is 0 Å². The monoisotopic (exact) mass is 261 g/mol. The highest BCUT2D eigenvalue weighted by Gasteiger charge is 2.37. The third kappa shape index (κ3) is 2.91. The van der Waals surface area contributed by atoms with Gasteiger partial charge in [-0.05, 0) is 18.9 Å². The molecule has 1 amide bonds. The number of amides is 1. The molecule has 0 atom stereocenters. The molecule has 3 nitrogen and oxygen atoms in total. The van der Waals surface area contributed by atoms with Gasteiger partial charge in [0.15, 0.2) is 0 Å². The molecule has 1 aliphatic rings. The zero-order valence-corrected chi connectivity index (χ0v) is 11.9. The van der Waals surface area contributed by atoms with E-state index >= 15 is 0 Å². The Kier molecular flexibility index (Phi) is 4.46. The van der Waals surface area contributed by atoms with Crippen LogP contribution in [-0.4, -0.2) is 19.6 Å². The number of carbonyl (C=O) groups excluding carboxylic acids is 1. The smallest absolute Gasteiger partial charge is 0.219 e. The van der Waals surface area contributed by atoms with E-state index in [0.29, 0.717) is 6.42 Å². The van der Waals surface area contributed by atoms with E-state index in [0.717, 1.165) is 25.1 Å². The molecule has 0 aromatic heterocycles. The lowest BCUT2D eigenvalue weighted by atomic mass is 9.78. The van der Waals surface area contributed by atoms with Gasteiger partial charge in [-0.3, -0.25) is 4.79 Å². The predicted molar refractivity (Wildman–Crippen MR) is 76.4 cm³/mol. The largest absolute Gasteiger partial charge is 0.496 e. The fourth-order valence-electron chi connectivity index (χ4n) is 3.07. The van der Waals surface area contributed by atoms with Crippen LogP contribution in [0.5, 0.6) is 5.75 Å². The Morgan fingerprint density at radius 2 is 2.00 bits per heavy atom. The molecular weight excluding hydrogens is 238 g/mol. The number of nitrogens with one attached hydrogen (secondary N) is 1. The van der Waals surface area contributed by atoms with Crippen LogP contribution in [0.3, 0.4) is 0 Å². The first-order chi connectivity index (χ1) is 9.22. The minimum atomic E-state index is 0.0530. The first-order valence-corrected chi connectivity index (χ1v) is 7.12. The minimum Gasteiger partial charge on any atom is -0.496 e. The van der Waals surface area contributed by atoms with Crippen molar-refractivity contribution in [1.82, 2.24) is 5.32 Å². The number of methoxy groups -OCH3 is 1. The number of ether oxygens (including phenoxy) is 1. The standard InChI is InChI=1S/C16H23NO2/c1-3-15(18)17-12-16(10-6-7-11-16)13-8-4-5-9-14(13)19-2/h4-5,8-9H,3,6-7,10-12H2,1-2H3,(H,17,18). The number of benzene rings is 1. The third-order valence-corrected chi connectivity index (χ3v) is 4.18.